The van der Waals surface area contributed by atoms with Crippen molar-refractivity contribution in [1.29, 1.82) is 0 Å². The SMILES string of the molecule is CCOC(=O)c1csc(-c2cc(Cl)ccc2OC(C)(C)c2nnc(-c3ccccc3C(F)(F)F)n2C)n1. The minimum absolute atomic E-state index is 0.0509. The second-order valence-corrected chi connectivity index (χ2v) is 9.76. The third kappa shape index (κ3) is 5.47. The van der Waals surface area contributed by atoms with Crippen molar-refractivity contribution in [1.82, 2.24) is 19.7 Å². The van der Waals surface area contributed by atoms with Crippen LogP contribution in [-0.2, 0) is 23.6 Å². The van der Waals surface area contributed by atoms with E-state index in [9.17, 15) is 18.0 Å². The number of nitrogens with zero attached hydrogens (tertiary/aromatic N) is 4. The highest BCUT2D eigenvalue weighted by Crippen LogP contribution is 2.40. The number of thiazole rings is 1. The second kappa shape index (κ2) is 10.1. The van der Waals surface area contributed by atoms with E-state index >= 15 is 0 Å². The van der Waals surface area contributed by atoms with Crippen molar-refractivity contribution >= 4 is 28.9 Å². The van der Waals surface area contributed by atoms with Gasteiger partial charge in [0.2, 0.25) is 0 Å². The van der Waals surface area contributed by atoms with Crippen LogP contribution in [0.2, 0.25) is 5.02 Å². The van der Waals surface area contributed by atoms with Crippen LogP contribution in [0.1, 0.15) is 42.6 Å². The van der Waals surface area contributed by atoms with E-state index in [2.05, 4.69) is 15.2 Å². The predicted molar refractivity (Wildman–Crippen MR) is 134 cm³/mol. The van der Waals surface area contributed by atoms with Crippen LogP contribution in [-0.4, -0.2) is 32.3 Å². The maximum absolute atomic E-state index is 13.6. The Labute approximate surface area is 219 Å². The summed E-state index contributed by atoms with van der Waals surface area (Å²) in [5.74, 6) is 0.196. The van der Waals surface area contributed by atoms with Gasteiger partial charge in [-0.25, -0.2) is 9.78 Å². The fourth-order valence-corrected chi connectivity index (χ4v) is 4.77. The van der Waals surface area contributed by atoms with Crippen LogP contribution in [0.5, 0.6) is 5.75 Å². The molecule has 0 radical (unpaired) electrons. The summed E-state index contributed by atoms with van der Waals surface area (Å²) >= 11 is 7.45. The first-order valence-corrected chi connectivity index (χ1v) is 12.4. The molecule has 37 heavy (non-hydrogen) atoms. The van der Waals surface area contributed by atoms with Gasteiger partial charge >= 0.3 is 12.1 Å². The molecule has 0 saturated carbocycles. The predicted octanol–water partition coefficient (Wildman–Crippen LogP) is 6.77. The molecule has 0 amide bonds. The Morgan fingerprint density at radius 2 is 1.84 bits per heavy atom. The number of rotatable bonds is 7. The third-order valence-corrected chi connectivity index (χ3v) is 6.52. The molecule has 2 aromatic heterocycles. The van der Waals surface area contributed by atoms with E-state index in [1.807, 2.05) is 0 Å². The molecule has 0 atom stereocenters. The molecular formula is C25H22ClF3N4O3S. The summed E-state index contributed by atoms with van der Waals surface area (Å²) in [6.45, 7) is 5.37. The van der Waals surface area contributed by atoms with Gasteiger partial charge in [0.05, 0.1) is 17.7 Å². The molecule has 7 nitrogen and oxygen atoms in total. The Balaban J connectivity index is 1.70. The van der Waals surface area contributed by atoms with Gasteiger partial charge in [0.1, 0.15) is 10.8 Å². The quantitative estimate of drug-likeness (QED) is 0.236. The van der Waals surface area contributed by atoms with Crippen molar-refractivity contribution < 1.29 is 27.4 Å². The van der Waals surface area contributed by atoms with E-state index in [4.69, 9.17) is 21.1 Å². The fraction of sp³-hybridized carbons (Fsp3) is 0.280. The van der Waals surface area contributed by atoms with Gasteiger partial charge < -0.3 is 14.0 Å². The van der Waals surface area contributed by atoms with E-state index in [-0.39, 0.29) is 23.7 Å². The van der Waals surface area contributed by atoms with Gasteiger partial charge in [-0.1, -0.05) is 29.8 Å². The number of hydrogen-bond donors (Lipinski definition) is 0. The smallest absolute Gasteiger partial charge is 0.417 e. The van der Waals surface area contributed by atoms with Gasteiger partial charge in [0.15, 0.2) is 22.9 Å². The van der Waals surface area contributed by atoms with Crippen molar-refractivity contribution in [2.75, 3.05) is 6.61 Å². The van der Waals surface area contributed by atoms with E-state index in [1.54, 1.807) is 51.4 Å². The lowest BCUT2D eigenvalue weighted by Gasteiger charge is -2.26. The van der Waals surface area contributed by atoms with Crippen molar-refractivity contribution in [2.45, 2.75) is 32.5 Å². The summed E-state index contributed by atoms with van der Waals surface area (Å²) in [6, 6.07) is 10.1. The summed E-state index contributed by atoms with van der Waals surface area (Å²) in [5.41, 5.74) is -1.33. The zero-order valence-electron chi connectivity index (χ0n) is 20.3. The topological polar surface area (TPSA) is 79.1 Å². The summed E-state index contributed by atoms with van der Waals surface area (Å²) in [5, 5.41) is 10.7. The number of ether oxygens (including phenoxy) is 2. The molecule has 0 aliphatic heterocycles. The molecule has 0 aliphatic carbocycles. The number of carbonyl (C=O) groups excluding carboxylic acids is 1. The third-order valence-electron chi connectivity index (χ3n) is 5.41. The second-order valence-electron chi connectivity index (χ2n) is 8.46. The molecule has 0 aliphatic rings. The lowest BCUT2D eigenvalue weighted by molar-refractivity contribution is -0.137. The van der Waals surface area contributed by atoms with E-state index in [1.165, 1.54) is 34.1 Å². The van der Waals surface area contributed by atoms with Crippen LogP contribution in [0.4, 0.5) is 13.2 Å². The number of aromatic nitrogens is 4. The molecule has 12 heteroatoms. The maximum atomic E-state index is 13.6. The Morgan fingerprint density at radius 3 is 2.54 bits per heavy atom. The van der Waals surface area contributed by atoms with Gasteiger partial charge in [-0.05, 0) is 45.0 Å². The monoisotopic (exact) mass is 550 g/mol. The van der Waals surface area contributed by atoms with Crippen LogP contribution in [0.15, 0.2) is 47.8 Å². The minimum atomic E-state index is -4.55. The lowest BCUT2D eigenvalue weighted by Crippen LogP contribution is -2.29. The normalized spacial score (nSPS) is 12.0. The summed E-state index contributed by atoms with van der Waals surface area (Å²) < 4.78 is 53.6. The highest BCUT2D eigenvalue weighted by molar-refractivity contribution is 7.13. The fourth-order valence-electron chi connectivity index (χ4n) is 3.79. The number of hydrogen-bond acceptors (Lipinski definition) is 7. The molecule has 0 saturated heterocycles. The molecule has 4 rings (SSSR count). The van der Waals surface area contributed by atoms with Gasteiger partial charge in [-0.3, -0.25) is 0 Å². The van der Waals surface area contributed by atoms with Gasteiger partial charge in [0, 0.05) is 23.0 Å². The molecule has 2 heterocycles. The molecule has 4 aromatic rings. The maximum Gasteiger partial charge on any atom is 0.417 e. The summed E-state index contributed by atoms with van der Waals surface area (Å²) in [6.07, 6.45) is -4.55. The Hall–Kier alpha value is -3.44. The Bertz CT molecular complexity index is 1450. The summed E-state index contributed by atoms with van der Waals surface area (Å²) in [7, 11) is 1.58. The van der Waals surface area contributed by atoms with Crippen LogP contribution in [0.25, 0.3) is 22.0 Å². The molecule has 0 spiro atoms. The standard InChI is InChI=1S/C25H22ClF3N4O3S/c1-5-35-22(34)18-13-37-21(30-18)16-12-14(26)10-11-19(16)36-24(2,3)23-32-31-20(33(23)4)15-8-6-7-9-17(15)25(27,28)29/h6-13H,5H2,1-4H3. The largest absolute Gasteiger partial charge is 0.479 e. The van der Waals surface area contributed by atoms with E-state index in [0.717, 1.165) is 6.07 Å². The first-order valence-electron chi connectivity index (χ1n) is 11.1. The van der Waals surface area contributed by atoms with Gasteiger partial charge in [-0.2, -0.15) is 13.2 Å². The number of esters is 1. The van der Waals surface area contributed by atoms with E-state index < -0.39 is 23.3 Å². The Kier molecular flexibility index (Phi) is 7.29. The van der Waals surface area contributed by atoms with Crippen LogP contribution in [0, 0.1) is 0 Å². The lowest BCUT2D eigenvalue weighted by atomic mass is 10.1. The van der Waals surface area contributed by atoms with E-state index in [0.29, 0.717) is 27.2 Å². The van der Waals surface area contributed by atoms with Crippen LogP contribution >= 0.6 is 22.9 Å². The number of alkyl halides is 3. The first kappa shape index (κ1) is 26.6. The molecule has 0 bridgehead atoms. The zero-order valence-corrected chi connectivity index (χ0v) is 21.8. The van der Waals surface area contributed by atoms with Crippen molar-refractivity contribution in [3.8, 4) is 27.7 Å². The average molecular weight is 551 g/mol. The van der Waals surface area contributed by atoms with Crippen LogP contribution < -0.4 is 4.74 Å². The number of halogens is 4. The number of carbonyl (C=O) groups is 1. The molecule has 0 unspecified atom stereocenters. The average Bonchev–Trinajstić information content (AvgIpc) is 3.47. The minimum Gasteiger partial charge on any atom is -0.479 e. The van der Waals surface area contributed by atoms with Crippen molar-refractivity contribution in [2.24, 2.45) is 7.05 Å². The highest BCUT2D eigenvalue weighted by atomic mass is 35.5. The molecule has 2 aromatic carbocycles. The van der Waals surface area contributed by atoms with Gasteiger partial charge in [-0.15, -0.1) is 21.5 Å². The zero-order chi connectivity index (χ0) is 27.0. The Morgan fingerprint density at radius 1 is 1.11 bits per heavy atom. The van der Waals surface area contributed by atoms with Crippen molar-refractivity contribution in [3.05, 3.63) is 69.9 Å². The first-order chi connectivity index (χ1) is 17.4. The molecule has 0 N–H and O–H groups in total. The molecule has 194 valence electrons. The van der Waals surface area contributed by atoms with Crippen LogP contribution in [0.3, 0.4) is 0 Å². The molecular weight excluding hydrogens is 529 g/mol. The molecule has 0 fully saturated rings. The summed E-state index contributed by atoms with van der Waals surface area (Å²) in [4.78, 5) is 16.4. The highest BCUT2D eigenvalue weighted by Gasteiger charge is 2.36. The van der Waals surface area contributed by atoms with Crippen molar-refractivity contribution in [3.63, 3.8) is 0 Å². The number of benzene rings is 2. The van der Waals surface area contributed by atoms with Gasteiger partial charge in [0.25, 0.3) is 0 Å².